The first-order valence-corrected chi connectivity index (χ1v) is 35.5. The van der Waals surface area contributed by atoms with Crippen LogP contribution in [0, 0.1) is 0 Å². The Kier molecular flexibility index (Phi) is 36.4. The molecule has 2 saturated heterocycles. The molecule has 0 saturated carbocycles. The van der Waals surface area contributed by atoms with E-state index < -0.39 is 124 Å². The Morgan fingerprint density at radius 3 is 1.49 bits per heavy atom. The topological polar surface area (TPSA) is 398 Å². The van der Waals surface area contributed by atoms with E-state index in [4.69, 9.17) is 60.0 Å². The molecular weight excluding hydrogens is 1470 g/mol. The molecule has 8 rings (SSSR count). The first-order chi connectivity index (χ1) is 47.9. The summed E-state index contributed by atoms with van der Waals surface area (Å²) >= 11 is 5.84. The van der Waals surface area contributed by atoms with Crippen LogP contribution in [0.3, 0.4) is 0 Å². The standard InChI is InChI=1S/C25H27F2N4O8P.C16H17ClNO4P.C14H19F2N3O6.C6H15N.C5H8O2.Fe/c1-16(22(33)36-14-17-8-4-2-5-9-17)30-40(35,39-18-10-6-3-7-11-18)37-15-19-21(32)25(26,27)23(38-19)31-13-12-20(28)29-24(31)34;1-13(16(19)21-12-14-8-4-2-5-9-14)18-23(17,20)22-15-10-6-3-7-11-15;1-13(2,3)25-12(22)24-9-7(6-20)23-10(14(9,15)16)19-5-4-8(17)18-11(19)21;1-4-7(5-2)6-3;1-4(6)3-5(2)7;/h2-13,16,19,21,23,32H,14-15H2,1H3,(H,30,35)(H2,28,29,34);2-11,13H,12H2,1H3,(H,18,20);4-5,7,9-10,20H,6H2,1-3H3,(H2,17,18,21);4-6H2,1-3H3;3,6H,1-2H3;/q;;;;;+3/p-1/b;;;;4-3-;/t16-,19+,21-,23+,40?;13-,23?;7-,9+,10-;;;/m001.../s1. The van der Waals surface area contributed by atoms with Crippen molar-refractivity contribution in [1.82, 2.24) is 34.2 Å². The number of carbonyl (C=O) groups excluding carboxylic acids is 4. The van der Waals surface area contributed by atoms with Crippen LogP contribution in [0.4, 0.5) is 34.0 Å². The third-order valence-electron chi connectivity index (χ3n) is 13.7. The minimum Gasteiger partial charge on any atom is -0.876 e. The zero-order chi connectivity index (χ0) is 76.2. The maximum Gasteiger partial charge on any atom is 3.00 e. The molecule has 4 aromatic carbocycles. The van der Waals surface area contributed by atoms with Gasteiger partial charge in [-0.25, -0.2) is 28.6 Å². The van der Waals surface area contributed by atoms with Crippen molar-refractivity contribution in [2.24, 2.45) is 0 Å². The number of ketones is 1. The van der Waals surface area contributed by atoms with Crippen LogP contribution in [0.1, 0.15) is 92.8 Å². The summed E-state index contributed by atoms with van der Waals surface area (Å²) in [5.74, 6) is -9.42. The second-order valence-electron chi connectivity index (χ2n) is 23.1. The monoisotopic (exact) mass is 1550 g/mol. The van der Waals surface area contributed by atoms with Crippen LogP contribution in [0.25, 0.3) is 0 Å². The third kappa shape index (κ3) is 29.9. The molecule has 2 fully saturated rings. The fourth-order valence-corrected chi connectivity index (χ4v) is 11.9. The van der Waals surface area contributed by atoms with Gasteiger partial charge in [-0.2, -0.15) is 32.6 Å². The Hall–Kier alpha value is -8.07. The molecule has 103 heavy (non-hydrogen) atoms. The quantitative estimate of drug-likeness (QED) is 0.00593. The number of nitrogens with one attached hydrogen (secondary N) is 2. The number of para-hydroxylation sites is 2. The number of benzene rings is 4. The maximum atomic E-state index is 14.9. The van der Waals surface area contributed by atoms with Crippen LogP contribution in [0.2, 0.25) is 0 Å². The number of allylic oxidation sites excluding steroid dienone is 2. The number of hydrogen-bond acceptors (Lipinski definition) is 25. The number of nitrogen functional groups attached to an aromatic ring is 2. The fourth-order valence-electron chi connectivity index (χ4n) is 8.72. The van der Waals surface area contributed by atoms with Gasteiger partial charge in [-0.3, -0.25) is 28.0 Å². The van der Waals surface area contributed by atoms with Crippen molar-refractivity contribution < 1.29 is 120 Å². The van der Waals surface area contributed by atoms with E-state index in [0.717, 1.165) is 41.7 Å². The molecule has 2 aromatic heterocycles. The predicted molar refractivity (Wildman–Crippen MR) is 364 cm³/mol. The van der Waals surface area contributed by atoms with Crippen molar-refractivity contribution >= 4 is 61.4 Å². The number of aliphatic hydroxyl groups is 2. The minimum atomic E-state index is -4.46. The van der Waals surface area contributed by atoms with E-state index in [9.17, 15) is 70.8 Å². The van der Waals surface area contributed by atoms with E-state index in [1.165, 1.54) is 80.2 Å². The number of aliphatic hydroxyl groups excluding tert-OH is 2. The molecular formula is C66H85ClF4FeN9O20P2+2. The van der Waals surface area contributed by atoms with E-state index in [-0.39, 0.29) is 59.2 Å². The molecule has 2 aliphatic rings. The van der Waals surface area contributed by atoms with Crippen molar-refractivity contribution in [1.29, 1.82) is 0 Å². The van der Waals surface area contributed by atoms with Gasteiger partial charge in [0.1, 0.15) is 66.2 Å². The van der Waals surface area contributed by atoms with Crippen LogP contribution in [0.5, 0.6) is 11.5 Å². The van der Waals surface area contributed by atoms with Crippen molar-refractivity contribution in [2.45, 2.75) is 149 Å². The van der Waals surface area contributed by atoms with Crippen molar-refractivity contribution in [2.75, 3.05) is 44.3 Å². The summed E-state index contributed by atoms with van der Waals surface area (Å²) in [6.07, 6.45) is -10.6. The number of nitrogens with zero attached hydrogens (tertiary/aromatic N) is 5. The minimum absolute atomic E-state index is 0. The Balaban J connectivity index is 0.000000378. The third-order valence-corrected chi connectivity index (χ3v) is 17.0. The van der Waals surface area contributed by atoms with E-state index in [1.807, 2.05) is 30.3 Å². The van der Waals surface area contributed by atoms with E-state index in [1.54, 1.807) is 78.9 Å². The first kappa shape index (κ1) is 89.1. The van der Waals surface area contributed by atoms with Gasteiger partial charge < -0.3 is 69.2 Å². The number of alkyl halides is 4. The van der Waals surface area contributed by atoms with Crippen LogP contribution in [0.15, 0.2) is 167 Å². The molecule has 565 valence electrons. The van der Waals surface area contributed by atoms with Gasteiger partial charge in [0.05, 0.1) is 13.2 Å². The summed E-state index contributed by atoms with van der Waals surface area (Å²) in [7, 11) is -4.46. The zero-order valence-electron chi connectivity index (χ0n) is 57.8. The molecule has 0 bridgehead atoms. The van der Waals surface area contributed by atoms with Gasteiger partial charge >= 0.3 is 73.0 Å². The molecule has 10 atom stereocenters. The van der Waals surface area contributed by atoms with Crippen molar-refractivity contribution in [3.05, 3.63) is 190 Å². The number of hydrogen-bond donors (Lipinski definition) is 6. The second-order valence-corrected chi connectivity index (χ2v) is 27.5. The molecule has 2 aliphatic heterocycles. The van der Waals surface area contributed by atoms with E-state index in [0.29, 0.717) is 14.9 Å². The van der Waals surface area contributed by atoms with E-state index >= 15 is 0 Å². The number of anilines is 2. The number of nitrogens with two attached hydrogens (primary N) is 2. The zero-order valence-corrected chi connectivity index (χ0v) is 61.4. The molecule has 6 aromatic rings. The maximum absolute atomic E-state index is 14.9. The molecule has 37 heteroatoms. The van der Waals surface area contributed by atoms with Gasteiger partial charge in [0.25, 0.3) is 0 Å². The number of ether oxygens (including phenoxy) is 6. The molecule has 1 radical (unpaired) electrons. The Bertz CT molecular complexity index is 3870. The van der Waals surface area contributed by atoms with Gasteiger partial charge in [0.15, 0.2) is 11.9 Å². The SMILES string of the molecule is CC(=O)/C=C(/C)[O-].CC(C)(C)OC(=O)O[C@H]1[C@@H](CO)O[C@@H](n2ccc(N)nc2=O)C1(F)F.CCN(CC)CC.C[C@H](NP(=O)(Cl)Oc1ccccc1)C(=O)OCc1ccccc1.C[C@H](NP(=O)(OC[C@H]1O[C@@H](n2ccc(N)nc2=O)C(F)(F)[C@H]1O)Oc1ccccc1)C(=O)OCc1ccccc1.[Fe+3]. The average Bonchev–Trinajstić information content (AvgIpc) is 1.59. The smallest absolute Gasteiger partial charge is 0.876 e. The van der Waals surface area contributed by atoms with Gasteiger partial charge in [0.2, 0.25) is 18.6 Å². The molecule has 0 aliphatic carbocycles. The largest absolute Gasteiger partial charge is 3.00 e. The van der Waals surface area contributed by atoms with Crippen LogP contribution >= 0.6 is 25.9 Å². The summed E-state index contributed by atoms with van der Waals surface area (Å²) in [4.78, 5) is 79.2. The molecule has 0 spiro atoms. The van der Waals surface area contributed by atoms with Gasteiger partial charge in [0, 0.05) is 23.6 Å². The van der Waals surface area contributed by atoms with Crippen LogP contribution in [-0.2, 0) is 86.7 Å². The fraction of sp³-hybridized carbons (Fsp3) is 0.424. The van der Waals surface area contributed by atoms with E-state index in [2.05, 4.69) is 50.6 Å². The number of carbonyl (C=O) groups is 4. The Morgan fingerprint density at radius 1 is 0.699 bits per heavy atom. The number of aromatic nitrogens is 4. The van der Waals surface area contributed by atoms with Crippen LogP contribution in [-0.4, -0.2) is 145 Å². The number of rotatable bonds is 25. The van der Waals surface area contributed by atoms with Gasteiger partial charge in [-0.15, -0.1) is 5.76 Å². The van der Waals surface area contributed by atoms with Gasteiger partial charge in [-0.05, 0) is 115 Å². The number of halogens is 5. The van der Waals surface area contributed by atoms with Gasteiger partial charge in [-0.1, -0.05) is 125 Å². The second kappa shape index (κ2) is 42.0. The predicted octanol–water partition coefficient (Wildman–Crippen LogP) is 8.63. The summed E-state index contributed by atoms with van der Waals surface area (Å²) in [5, 5.41) is 34.4. The first-order valence-electron chi connectivity index (χ1n) is 31.4. The van der Waals surface area contributed by atoms with Crippen molar-refractivity contribution in [3.8, 4) is 11.5 Å². The summed E-state index contributed by atoms with van der Waals surface area (Å²) in [6, 6.07) is 34.5. The Morgan fingerprint density at radius 2 is 1.11 bits per heavy atom. The molecule has 0 amide bonds. The molecule has 2 unspecified atom stereocenters. The Labute approximate surface area is 607 Å². The summed E-state index contributed by atoms with van der Waals surface area (Å²) in [6.45, 7) is 14.9. The number of esters is 2. The molecule has 4 heterocycles. The van der Waals surface area contributed by atoms with Crippen LogP contribution < -0.4 is 47.2 Å². The van der Waals surface area contributed by atoms with Crippen molar-refractivity contribution in [3.63, 3.8) is 0 Å². The normalized spacial score (nSPS) is 19.6. The molecule has 29 nitrogen and oxygen atoms in total. The summed E-state index contributed by atoms with van der Waals surface area (Å²) in [5.41, 5.74) is 9.16. The average molecular weight is 1550 g/mol. The molecule has 8 N–H and O–H groups in total. The summed E-state index contributed by atoms with van der Waals surface area (Å²) < 4.78 is 132.